The van der Waals surface area contributed by atoms with Gasteiger partial charge in [0.25, 0.3) is 0 Å². The predicted octanol–water partition coefficient (Wildman–Crippen LogP) is 2.43. The fourth-order valence-electron chi connectivity index (χ4n) is 2.11. The molecule has 78 valence electrons. The van der Waals surface area contributed by atoms with E-state index in [2.05, 4.69) is 25.9 Å². The van der Waals surface area contributed by atoms with Crippen LogP contribution in [-0.4, -0.2) is 11.8 Å². The van der Waals surface area contributed by atoms with Crippen LogP contribution < -0.4 is 0 Å². The van der Waals surface area contributed by atoms with Crippen molar-refractivity contribution in [2.45, 2.75) is 39.7 Å². The maximum absolute atomic E-state index is 5.89. The minimum atomic E-state index is -0.225. The van der Waals surface area contributed by atoms with E-state index in [1.54, 1.807) is 0 Å². The van der Waals surface area contributed by atoms with Crippen LogP contribution in [0.15, 0.2) is 4.52 Å². The number of nitrogens with zero attached hydrogens (tertiary/aromatic N) is 1. The van der Waals surface area contributed by atoms with E-state index >= 15 is 0 Å². The molecule has 0 aliphatic carbocycles. The lowest BCUT2D eigenvalue weighted by Crippen LogP contribution is -2.37. The van der Waals surface area contributed by atoms with Crippen LogP contribution >= 0.6 is 0 Å². The zero-order valence-electron chi connectivity index (χ0n) is 9.26. The number of ether oxygens (including phenoxy) is 1. The minimum absolute atomic E-state index is 0.225. The van der Waals surface area contributed by atoms with Gasteiger partial charge in [-0.25, -0.2) is 0 Å². The SMILES string of the molecule is Cc1onc2c1C(C)(C(C)C)OCC2. The van der Waals surface area contributed by atoms with Crippen LogP contribution in [0.2, 0.25) is 0 Å². The summed E-state index contributed by atoms with van der Waals surface area (Å²) in [7, 11) is 0. The number of aromatic nitrogens is 1. The topological polar surface area (TPSA) is 35.3 Å². The predicted molar refractivity (Wildman–Crippen MR) is 53.1 cm³/mol. The minimum Gasteiger partial charge on any atom is -0.370 e. The van der Waals surface area contributed by atoms with Crippen LogP contribution in [0.4, 0.5) is 0 Å². The molecule has 0 amide bonds. The Morgan fingerprint density at radius 1 is 1.43 bits per heavy atom. The molecule has 0 fully saturated rings. The standard InChI is InChI=1S/C11H17NO2/c1-7(2)11(4)10-8(3)14-12-9(10)5-6-13-11/h7H,5-6H2,1-4H3. The third kappa shape index (κ3) is 1.19. The van der Waals surface area contributed by atoms with Crippen molar-refractivity contribution in [1.82, 2.24) is 5.16 Å². The van der Waals surface area contributed by atoms with Crippen LogP contribution in [0.5, 0.6) is 0 Å². The van der Waals surface area contributed by atoms with Crippen LogP contribution in [0.3, 0.4) is 0 Å². The molecule has 0 saturated heterocycles. The molecule has 2 heterocycles. The van der Waals surface area contributed by atoms with Crippen LogP contribution in [0.25, 0.3) is 0 Å². The van der Waals surface area contributed by atoms with Crippen LogP contribution in [0, 0.1) is 12.8 Å². The van der Waals surface area contributed by atoms with Crippen molar-refractivity contribution in [2.24, 2.45) is 5.92 Å². The monoisotopic (exact) mass is 195 g/mol. The molecule has 14 heavy (non-hydrogen) atoms. The molecule has 0 radical (unpaired) electrons. The van der Waals surface area contributed by atoms with E-state index in [1.807, 2.05) is 6.92 Å². The summed E-state index contributed by atoms with van der Waals surface area (Å²) in [5.74, 6) is 1.33. The molecule has 1 aromatic heterocycles. The van der Waals surface area contributed by atoms with Crippen LogP contribution in [0.1, 0.15) is 37.8 Å². The second-order valence-electron chi connectivity index (χ2n) is 4.42. The summed E-state index contributed by atoms with van der Waals surface area (Å²) in [6.45, 7) is 9.16. The van der Waals surface area contributed by atoms with E-state index in [9.17, 15) is 0 Å². The summed E-state index contributed by atoms with van der Waals surface area (Å²) >= 11 is 0. The highest BCUT2D eigenvalue weighted by atomic mass is 16.5. The number of aryl methyl sites for hydroxylation is 1. The van der Waals surface area contributed by atoms with Gasteiger partial charge in [-0.05, 0) is 19.8 Å². The lowest BCUT2D eigenvalue weighted by Gasteiger charge is -2.37. The molecule has 1 aliphatic heterocycles. The Morgan fingerprint density at radius 3 is 2.79 bits per heavy atom. The smallest absolute Gasteiger partial charge is 0.140 e. The molecule has 1 aromatic rings. The van der Waals surface area contributed by atoms with Crippen LogP contribution in [-0.2, 0) is 16.8 Å². The zero-order chi connectivity index (χ0) is 10.3. The van der Waals surface area contributed by atoms with Crippen molar-refractivity contribution in [1.29, 1.82) is 0 Å². The van der Waals surface area contributed by atoms with Gasteiger partial charge in [0.1, 0.15) is 5.76 Å². The molecular weight excluding hydrogens is 178 g/mol. The molecule has 0 spiro atoms. The average Bonchev–Trinajstić information content (AvgIpc) is 2.49. The van der Waals surface area contributed by atoms with Gasteiger partial charge in [-0.15, -0.1) is 0 Å². The van der Waals surface area contributed by atoms with E-state index in [0.717, 1.165) is 24.5 Å². The molecule has 3 nitrogen and oxygen atoms in total. The van der Waals surface area contributed by atoms with E-state index in [-0.39, 0.29) is 5.60 Å². The molecule has 0 saturated carbocycles. The van der Waals surface area contributed by atoms with E-state index < -0.39 is 0 Å². The first-order valence-electron chi connectivity index (χ1n) is 5.15. The fraction of sp³-hybridized carbons (Fsp3) is 0.727. The molecule has 1 atom stereocenters. The Morgan fingerprint density at radius 2 is 2.14 bits per heavy atom. The van der Waals surface area contributed by atoms with Gasteiger partial charge in [-0.3, -0.25) is 0 Å². The van der Waals surface area contributed by atoms with Gasteiger partial charge < -0.3 is 9.26 Å². The normalized spacial score (nSPS) is 26.6. The molecular formula is C11H17NO2. The molecule has 1 aliphatic rings. The van der Waals surface area contributed by atoms with Gasteiger partial charge in [-0.1, -0.05) is 19.0 Å². The summed E-state index contributed by atoms with van der Waals surface area (Å²) in [5, 5.41) is 4.08. The van der Waals surface area contributed by atoms with Gasteiger partial charge >= 0.3 is 0 Å². The third-order valence-corrected chi connectivity index (χ3v) is 3.27. The average molecular weight is 195 g/mol. The van der Waals surface area contributed by atoms with Crippen molar-refractivity contribution < 1.29 is 9.26 Å². The summed E-state index contributed by atoms with van der Waals surface area (Å²) in [6.07, 6.45) is 0.870. The van der Waals surface area contributed by atoms with Gasteiger partial charge in [0.05, 0.1) is 17.9 Å². The lowest BCUT2D eigenvalue weighted by molar-refractivity contribution is -0.0799. The Balaban J connectivity index is 2.53. The number of hydrogen-bond donors (Lipinski definition) is 0. The first-order valence-corrected chi connectivity index (χ1v) is 5.15. The maximum Gasteiger partial charge on any atom is 0.140 e. The molecule has 0 aromatic carbocycles. The van der Waals surface area contributed by atoms with Crippen molar-refractivity contribution in [2.75, 3.05) is 6.61 Å². The number of hydrogen-bond acceptors (Lipinski definition) is 3. The van der Waals surface area contributed by atoms with Crippen molar-refractivity contribution in [3.8, 4) is 0 Å². The van der Waals surface area contributed by atoms with Crippen molar-refractivity contribution >= 4 is 0 Å². The van der Waals surface area contributed by atoms with Gasteiger partial charge in [-0.2, -0.15) is 0 Å². The quantitative estimate of drug-likeness (QED) is 0.690. The highest BCUT2D eigenvalue weighted by molar-refractivity contribution is 5.31. The summed E-state index contributed by atoms with van der Waals surface area (Å²) in [5.41, 5.74) is 2.02. The van der Waals surface area contributed by atoms with E-state index in [4.69, 9.17) is 9.26 Å². The zero-order valence-corrected chi connectivity index (χ0v) is 9.26. The third-order valence-electron chi connectivity index (χ3n) is 3.27. The largest absolute Gasteiger partial charge is 0.370 e. The molecule has 1 unspecified atom stereocenters. The highest BCUT2D eigenvalue weighted by Gasteiger charge is 2.40. The maximum atomic E-state index is 5.89. The van der Waals surface area contributed by atoms with Gasteiger partial charge in [0, 0.05) is 12.0 Å². The number of rotatable bonds is 1. The summed E-state index contributed by atoms with van der Waals surface area (Å²) < 4.78 is 11.1. The second-order valence-corrected chi connectivity index (χ2v) is 4.42. The number of fused-ring (bicyclic) bond motifs is 1. The second kappa shape index (κ2) is 3.09. The van der Waals surface area contributed by atoms with Gasteiger partial charge in [0.2, 0.25) is 0 Å². The summed E-state index contributed by atoms with van der Waals surface area (Å²) in [6, 6.07) is 0. The fourth-order valence-corrected chi connectivity index (χ4v) is 2.11. The first kappa shape index (κ1) is 9.71. The molecule has 0 bridgehead atoms. The Hall–Kier alpha value is -0.830. The first-order chi connectivity index (χ1) is 6.55. The van der Waals surface area contributed by atoms with Crippen molar-refractivity contribution in [3.63, 3.8) is 0 Å². The Bertz CT molecular complexity index is 343. The molecule has 0 N–H and O–H groups in total. The van der Waals surface area contributed by atoms with Gasteiger partial charge in [0.15, 0.2) is 0 Å². The van der Waals surface area contributed by atoms with Crippen molar-refractivity contribution in [3.05, 3.63) is 17.0 Å². The summed E-state index contributed by atoms with van der Waals surface area (Å²) in [4.78, 5) is 0. The molecule has 2 rings (SSSR count). The molecule has 3 heteroatoms. The lowest BCUT2D eigenvalue weighted by atomic mass is 9.82. The van der Waals surface area contributed by atoms with E-state index in [1.165, 1.54) is 5.56 Å². The highest BCUT2D eigenvalue weighted by Crippen LogP contribution is 2.40. The van der Waals surface area contributed by atoms with E-state index in [0.29, 0.717) is 5.92 Å². The Kier molecular flexibility index (Phi) is 2.14. The Labute approximate surface area is 84.4 Å².